The first-order chi connectivity index (χ1) is 12.9. The fourth-order valence-corrected chi connectivity index (χ4v) is 5.68. The van der Waals surface area contributed by atoms with Gasteiger partial charge in [-0.2, -0.15) is 4.31 Å². The molecule has 1 aliphatic heterocycles. The Hall–Kier alpha value is -1.61. The molecule has 9 heteroatoms. The maximum atomic E-state index is 13.4. The highest BCUT2D eigenvalue weighted by Gasteiger charge is 2.43. The molecule has 2 heterocycles. The van der Waals surface area contributed by atoms with Crippen molar-refractivity contribution in [1.82, 2.24) is 9.62 Å². The summed E-state index contributed by atoms with van der Waals surface area (Å²) in [5, 5.41) is 3.88. The molecule has 0 spiro atoms. The molecule has 1 saturated carbocycles. The van der Waals surface area contributed by atoms with Crippen LogP contribution < -0.4 is 5.32 Å². The Morgan fingerprint density at radius 2 is 2.04 bits per heavy atom. The Morgan fingerprint density at radius 3 is 2.64 bits per heavy atom. The summed E-state index contributed by atoms with van der Waals surface area (Å²) in [5.74, 6) is -0.410. The van der Waals surface area contributed by atoms with Crippen LogP contribution in [-0.4, -0.2) is 50.5 Å². The zero-order chi connectivity index (χ0) is 19.2. The number of carbonyl (C=O) groups excluding carboxylic acids is 1. The first-order valence-electron chi connectivity index (χ1n) is 9.38. The lowest BCUT2D eigenvalue weighted by molar-refractivity contribution is 0.0491. The third kappa shape index (κ3) is 3.66. The van der Waals surface area contributed by atoms with Crippen LogP contribution >= 0.6 is 12.4 Å². The van der Waals surface area contributed by atoms with Gasteiger partial charge < -0.3 is 14.5 Å². The standard InChI is InChI=1S/C19H24N2O5S.ClH/c1-3-25-19(22)18-12(2)16-10-15(6-7-17(16)26-18)27(23,24)21(13-4-5-13)14-8-9-20-11-14;/h6-7,10,13-14,20H,3-5,8-9,11H2,1-2H3;1H. The van der Waals surface area contributed by atoms with Crippen molar-refractivity contribution in [2.75, 3.05) is 19.7 Å². The number of benzene rings is 1. The molecular weight excluding hydrogens is 404 g/mol. The molecule has 0 bridgehead atoms. The van der Waals surface area contributed by atoms with Gasteiger partial charge in [-0.15, -0.1) is 12.4 Å². The fourth-order valence-electron chi connectivity index (χ4n) is 3.75. The van der Waals surface area contributed by atoms with E-state index < -0.39 is 16.0 Å². The van der Waals surface area contributed by atoms with Crippen LogP contribution in [0.1, 0.15) is 42.3 Å². The third-order valence-corrected chi connectivity index (χ3v) is 7.25. The number of hydrogen-bond acceptors (Lipinski definition) is 6. The van der Waals surface area contributed by atoms with Gasteiger partial charge in [-0.1, -0.05) is 0 Å². The van der Waals surface area contributed by atoms with Crippen LogP contribution in [0.15, 0.2) is 27.5 Å². The summed E-state index contributed by atoms with van der Waals surface area (Å²) in [5.41, 5.74) is 1.08. The van der Waals surface area contributed by atoms with Gasteiger partial charge in [0.1, 0.15) is 5.58 Å². The van der Waals surface area contributed by atoms with E-state index in [1.54, 1.807) is 36.4 Å². The van der Waals surface area contributed by atoms with Gasteiger partial charge in [0, 0.05) is 29.6 Å². The number of furan rings is 1. The first kappa shape index (κ1) is 21.1. The number of ether oxygens (including phenoxy) is 1. The number of nitrogens with zero attached hydrogens (tertiary/aromatic N) is 1. The number of sulfonamides is 1. The van der Waals surface area contributed by atoms with E-state index in [-0.39, 0.29) is 41.8 Å². The highest BCUT2D eigenvalue weighted by atomic mass is 35.5. The molecule has 7 nitrogen and oxygen atoms in total. The fraction of sp³-hybridized carbons (Fsp3) is 0.526. The van der Waals surface area contributed by atoms with Crippen LogP contribution in [-0.2, 0) is 14.8 Å². The van der Waals surface area contributed by atoms with Crippen molar-refractivity contribution in [3.63, 3.8) is 0 Å². The number of esters is 1. The zero-order valence-electron chi connectivity index (χ0n) is 15.9. The molecule has 1 atom stereocenters. The van der Waals surface area contributed by atoms with Crippen LogP contribution in [0, 0.1) is 6.92 Å². The van der Waals surface area contributed by atoms with Crippen molar-refractivity contribution < 1.29 is 22.4 Å². The van der Waals surface area contributed by atoms with Crippen molar-refractivity contribution in [2.45, 2.75) is 50.1 Å². The Morgan fingerprint density at radius 1 is 1.29 bits per heavy atom. The molecule has 1 unspecified atom stereocenters. The molecule has 1 N–H and O–H groups in total. The SMILES string of the molecule is CCOC(=O)c1oc2ccc(S(=O)(=O)N(C3CC3)C3CCNC3)cc2c1C.Cl. The Labute approximate surface area is 170 Å². The van der Waals surface area contributed by atoms with Crippen molar-refractivity contribution in [1.29, 1.82) is 0 Å². The molecular formula is C19H25ClN2O5S. The Balaban J connectivity index is 0.00000225. The number of hydrogen-bond donors (Lipinski definition) is 1. The lowest BCUT2D eigenvalue weighted by atomic mass is 10.1. The number of aryl methyl sites for hydroxylation is 1. The van der Waals surface area contributed by atoms with E-state index in [2.05, 4.69) is 5.32 Å². The van der Waals surface area contributed by atoms with E-state index in [1.165, 1.54) is 0 Å². The van der Waals surface area contributed by atoms with E-state index in [0.717, 1.165) is 25.8 Å². The van der Waals surface area contributed by atoms with E-state index in [9.17, 15) is 13.2 Å². The number of halogens is 1. The molecule has 1 aromatic carbocycles. The summed E-state index contributed by atoms with van der Waals surface area (Å²) >= 11 is 0. The summed E-state index contributed by atoms with van der Waals surface area (Å²) in [6, 6.07) is 4.89. The highest BCUT2D eigenvalue weighted by molar-refractivity contribution is 7.89. The van der Waals surface area contributed by atoms with E-state index >= 15 is 0 Å². The molecule has 2 aliphatic rings. The second-order valence-corrected chi connectivity index (χ2v) is 8.99. The highest BCUT2D eigenvalue weighted by Crippen LogP contribution is 2.37. The third-order valence-electron chi connectivity index (χ3n) is 5.24. The van der Waals surface area contributed by atoms with E-state index in [4.69, 9.17) is 9.15 Å². The predicted molar refractivity (Wildman–Crippen MR) is 107 cm³/mol. The van der Waals surface area contributed by atoms with Gasteiger partial charge in [0.2, 0.25) is 15.8 Å². The largest absolute Gasteiger partial charge is 0.460 e. The van der Waals surface area contributed by atoms with E-state index in [1.807, 2.05) is 0 Å². The van der Waals surface area contributed by atoms with Gasteiger partial charge in [-0.3, -0.25) is 0 Å². The monoisotopic (exact) mass is 428 g/mol. The Kier molecular flexibility index (Phi) is 6.05. The molecule has 2 fully saturated rings. The average molecular weight is 429 g/mol. The summed E-state index contributed by atoms with van der Waals surface area (Å²) in [7, 11) is -3.62. The number of nitrogens with one attached hydrogen (secondary N) is 1. The molecule has 0 radical (unpaired) electrons. The molecule has 1 saturated heterocycles. The van der Waals surface area contributed by atoms with Gasteiger partial charge in [-0.25, -0.2) is 13.2 Å². The summed E-state index contributed by atoms with van der Waals surface area (Å²) in [6.45, 7) is 5.25. The maximum absolute atomic E-state index is 13.4. The lowest BCUT2D eigenvalue weighted by Crippen LogP contribution is -2.43. The van der Waals surface area contributed by atoms with Gasteiger partial charge in [0.15, 0.2) is 0 Å². The van der Waals surface area contributed by atoms with Gasteiger partial charge in [-0.05, 0) is 57.9 Å². The molecule has 154 valence electrons. The predicted octanol–water partition coefficient (Wildman–Crippen LogP) is 2.85. The van der Waals surface area contributed by atoms with Crippen molar-refractivity contribution in [3.8, 4) is 0 Å². The first-order valence-corrected chi connectivity index (χ1v) is 10.8. The molecule has 28 heavy (non-hydrogen) atoms. The molecule has 1 aliphatic carbocycles. The normalized spacial score (nSPS) is 19.8. The van der Waals surface area contributed by atoms with Crippen LogP contribution in [0.25, 0.3) is 11.0 Å². The number of rotatable bonds is 6. The smallest absolute Gasteiger partial charge is 0.374 e. The van der Waals surface area contributed by atoms with Crippen molar-refractivity contribution in [2.24, 2.45) is 0 Å². The topological polar surface area (TPSA) is 88.8 Å². The van der Waals surface area contributed by atoms with Gasteiger partial charge in [0.25, 0.3) is 0 Å². The number of carbonyl (C=O) groups is 1. The molecule has 0 amide bonds. The minimum absolute atomic E-state index is 0. The van der Waals surface area contributed by atoms with Gasteiger partial charge >= 0.3 is 5.97 Å². The summed E-state index contributed by atoms with van der Waals surface area (Å²) in [4.78, 5) is 12.3. The lowest BCUT2D eigenvalue weighted by Gasteiger charge is -2.27. The van der Waals surface area contributed by atoms with Gasteiger partial charge in [0.05, 0.1) is 11.5 Å². The minimum Gasteiger partial charge on any atom is -0.460 e. The second kappa shape index (κ2) is 8.02. The molecule has 4 rings (SSSR count). The van der Waals surface area contributed by atoms with Crippen molar-refractivity contribution >= 4 is 39.4 Å². The minimum atomic E-state index is -3.62. The zero-order valence-corrected chi connectivity index (χ0v) is 17.6. The van der Waals surface area contributed by atoms with Crippen molar-refractivity contribution in [3.05, 3.63) is 29.5 Å². The van der Waals surface area contributed by atoms with Crippen LogP contribution in [0.3, 0.4) is 0 Å². The maximum Gasteiger partial charge on any atom is 0.374 e. The molecule has 1 aromatic heterocycles. The average Bonchev–Trinajstić information content (AvgIpc) is 3.20. The molecule has 2 aromatic rings. The quantitative estimate of drug-likeness (QED) is 0.711. The van der Waals surface area contributed by atoms with Crippen LogP contribution in [0.4, 0.5) is 0 Å². The summed E-state index contributed by atoms with van der Waals surface area (Å²) in [6.07, 6.45) is 2.65. The Bertz CT molecular complexity index is 978. The van der Waals surface area contributed by atoms with Crippen LogP contribution in [0.2, 0.25) is 0 Å². The van der Waals surface area contributed by atoms with Crippen LogP contribution in [0.5, 0.6) is 0 Å². The summed E-state index contributed by atoms with van der Waals surface area (Å²) < 4.78 is 39.1. The van der Waals surface area contributed by atoms with E-state index in [0.29, 0.717) is 23.1 Å². The number of fused-ring (bicyclic) bond motifs is 1. The second-order valence-electron chi connectivity index (χ2n) is 7.15.